The van der Waals surface area contributed by atoms with Crippen molar-refractivity contribution < 1.29 is 28.6 Å². The zero-order valence-electron chi connectivity index (χ0n) is 24.9. The Bertz CT molecular complexity index is 1740. The fraction of sp³-hybridized carbons (Fsp3) is 0.0250. The molecule has 0 fully saturated rings. The molecule has 0 radical (unpaired) electrons. The summed E-state index contributed by atoms with van der Waals surface area (Å²) in [5, 5.41) is 0. The number of halogens is 1. The van der Waals surface area contributed by atoms with E-state index in [4.69, 9.17) is 14.2 Å². The Morgan fingerprint density at radius 1 is 0.362 bits per heavy atom. The molecule has 0 saturated carbocycles. The van der Waals surface area contributed by atoms with E-state index in [1.807, 2.05) is 54.6 Å². The lowest BCUT2D eigenvalue weighted by Gasteiger charge is -2.30. The van der Waals surface area contributed by atoms with Gasteiger partial charge in [-0.3, -0.25) is 0 Å². The second-order valence-corrected chi connectivity index (χ2v) is 11.7. The van der Waals surface area contributed by atoms with Crippen LogP contribution in [0, 0.1) is 0 Å². The summed E-state index contributed by atoms with van der Waals surface area (Å²) in [6.45, 7) is 0. The first-order valence-corrected chi connectivity index (χ1v) is 15.5. The Hall–Kier alpha value is -5.79. The van der Waals surface area contributed by atoms with Crippen molar-refractivity contribution in [2.75, 3.05) is 0 Å². The number of esters is 3. The third kappa shape index (κ3) is 7.21. The van der Waals surface area contributed by atoms with E-state index in [-0.39, 0.29) is 0 Å². The Kier molecular flexibility index (Phi) is 9.36. The molecule has 0 bridgehead atoms. The molecule has 0 aliphatic rings. The number of ether oxygens (including phenoxy) is 3. The van der Waals surface area contributed by atoms with E-state index in [1.165, 1.54) is 0 Å². The third-order valence-electron chi connectivity index (χ3n) is 7.42. The van der Waals surface area contributed by atoms with Crippen LogP contribution in [0.2, 0.25) is 0 Å². The van der Waals surface area contributed by atoms with E-state index < -0.39 is 22.2 Å². The van der Waals surface area contributed by atoms with Crippen LogP contribution in [-0.2, 0) is 4.32 Å². The van der Waals surface area contributed by atoms with Crippen molar-refractivity contribution >= 4 is 33.8 Å². The highest BCUT2D eigenvalue weighted by molar-refractivity contribution is 9.10. The van der Waals surface area contributed by atoms with Gasteiger partial charge in [0.05, 0.1) is 16.7 Å². The Morgan fingerprint density at radius 3 is 0.830 bits per heavy atom. The molecule has 6 nitrogen and oxygen atoms in total. The summed E-state index contributed by atoms with van der Waals surface area (Å²) in [7, 11) is 0. The van der Waals surface area contributed by atoms with Crippen molar-refractivity contribution in [2.24, 2.45) is 0 Å². The minimum atomic E-state index is -0.890. The zero-order valence-corrected chi connectivity index (χ0v) is 26.5. The Balaban J connectivity index is 1.29. The number of hydrogen-bond donors (Lipinski definition) is 0. The lowest BCUT2D eigenvalue weighted by Crippen LogP contribution is -2.22. The van der Waals surface area contributed by atoms with Crippen LogP contribution in [0.5, 0.6) is 17.2 Å². The molecule has 0 aromatic heterocycles. The van der Waals surface area contributed by atoms with E-state index in [0.29, 0.717) is 33.9 Å². The minimum Gasteiger partial charge on any atom is -0.423 e. The third-order valence-corrected chi connectivity index (χ3v) is 8.79. The number of carbonyl (C=O) groups is 3. The molecule has 0 aliphatic heterocycles. The lowest BCUT2D eigenvalue weighted by molar-refractivity contribution is 0.0725. The molecule has 6 rings (SSSR count). The monoisotopic (exact) mass is 682 g/mol. The summed E-state index contributed by atoms with van der Waals surface area (Å²) in [5.74, 6) is -0.185. The maximum atomic E-state index is 12.6. The molecule has 0 heterocycles. The van der Waals surface area contributed by atoms with Gasteiger partial charge in [0.1, 0.15) is 21.6 Å². The van der Waals surface area contributed by atoms with Gasteiger partial charge < -0.3 is 14.2 Å². The molecule has 6 aromatic rings. The SMILES string of the molecule is O=C(Oc1ccc(C(Br)(c2ccc(OC(=O)c3ccccc3)cc2)c2ccc(OC(=O)c3ccccc3)cc2)cc1)c1ccccc1. The summed E-state index contributed by atoms with van der Waals surface area (Å²) in [5.41, 5.74) is 3.85. The van der Waals surface area contributed by atoms with Crippen LogP contribution in [-0.4, -0.2) is 17.9 Å². The van der Waals surface area contributed by atoms with E-state index >= 15 is 0 Å². The summed E-state index contributed by atoms with van der Waals surface area (Å²) in [4.78, 5) is 37.9. The maximum Gasteiger partial charge on any atom is 0.343 e. The van der Waals surface area contributed by atoms with E-state index in [1.54, 1.807) is 109 Å². The molecule has 0 saturated heterocycles. The molecule has 0 spiro atoms. The first-order chi connectivity index (χ1) is 22.9. The maximum absolute atomic E-state index is 12.6. The minimum absolute atomic E-state index is 0.392. The van der Waals surface area contributed by atoms with Gasteiger partial charge in [0.15, 0.2) is 0 Å². The van der Waals surface area contributed by atoms with E-state index in [2.05, 4.69) is 15.9 Å². The number of benzene rings is 6. The highest BCUT2D eigenvalue weighted by Gasteiger charge is 2.34. The summed E-state index contributed by atoms with van der Waals surface area (Å²) in [6.07, 6.45) is 0. The second-order valence-electron chi connectivity index (χ2n) is 10.5. The van der Waals surface area contributed by atoms with Crippen LogP contribution < -0.4 is 14.2 Å². The Morgan fingerprint density at radius 2 is 0.596 bits per heavy atom. The smallest absolute Gasteiger partial charge is 0.343 e. The van der Waals surface area contributed by atoms with Crippen LogP contribution in [0.4, 0.5) is 0 Å². The number of rotatable bonds is 9. The quantitative estimate of drug-likeness (QED) is 0.0655. The molecule has 0 atom stereocenters. The van der Waals surface area contributed by atoms with Gasteiger partial charge in [0.25, 0.3) is 0 Å². The molecule has 7 heteroatoms. The molecule has 0 N–H and O–H groups in total. The molecule has 47 heavy (non-hydrogen) atoms. The van der Waals surface area contributed by atoms with Gasteiger partial charge in [-0.05, 0) is 89.5 Å². The predicted octanol–water partition coefficient (Wildman–Crippen LogP) is 9.03. The first-order valence-electron chi connectivity index (χ1n) is 14.7. The first kappa shape index (κ1) is 31.2. The highest BCUT2D eigenvalue weighted by atomic mass is 79.9. The zero-order chi connectivity index (χ0) is 32.6. The average molecular weight is 684 g/mol. The second kappa shape index (κ2) is 14.1. The van der Waals surface area contributed by atoms with Gasteiger partial charge in [-0.2, -0.15) is 0 Å². The highest BCUT2D eigenvalue weighted by Crippen LogP contribution is 2.46. The largest absolute Gasteiger partial charge is 0.423 e. The number of carbonyl (C=O) groups excluding carboxylic acids is 3. The average Bonchev–Trinajstić information content (AvgIpc) is 3.13. The van der Waals surface area contributed by atoms with Crippen molar-refractivity contribution in [1.29, 1.82) is 0 Å². The standard InChI is InChI=1S/C40H27BrO6/c41-40(31-16-22-34(23-17-31)45-37(42)28-10-4-1-5-11-28,32-18-24-35(25-19-32)46-38(43)29-12-6-2-7-13-29)33-20-26-36(27-21-33)47-39(44)30-14-8-3-9-15-30/h1-27H. The number of hydrogen-bond acceptors (Lipinski definition) is 6. The molecular weight excluding hydrogens is 656 g/mol. The molecule has 6 aromatic carbocycles. The number of alkyl halides is 1. The van der Waals surface area contributed by atoms with Crippen LogP contribution in [0.25, 0.3) is 0 Å². The van der Waals surface area contributed by atoms with Crippen molar-refractivity contribution in [1.82, 2.24) is 0 Å². The fourth-order valence-electron chi connectivity index (χ4n) is 4.98. The normalized spacial score (nSPS) is 10.9. The molecular formula is C40H27BrO6. The summed E-state index contributed by atoms with van der Waals surface area (Å²) in [6, 6.07) is 48.0. The van der Waals surface area contributed by atoms with Gasteiger partial charge in [-0.15, -0.1) is 0 Å². The van der Waals surface area contributed by atoms with Gasteiger partial charge in [0.2, 0.25) is 0 Å². The molecule has 0 unspecified atom stereocenters. The van der Waals surface area contributed by atoms with Gasteiger partial charge in [-0.1, -0.05) is 107 Å². The van der Waals surface area contributed by atoms with Crippen LogP contribution in [0.1, 0.15) is 47.8 Å². The molecule has 0 aliphatic carbocycles. The van der Waals surface area contributed by atoms with Crippen LogP contribution >= 0.6 is 15.9 Å². The van der Waals surface area contributed by atoms with Crippen LogP contribution in [0.3, 0.4) is 0 Å². The van der Waals surface area contributed by atoms with Crippen molar-refractivity contribution in [3.05, 3.63) is 197 Å². The predicted molar refractivity (Wildman–Crippen MR) is 182 cm³/mol. The van der Waals surface area contributed by atoms with Gasteiger partial charge >= 0.3 is 17.9 Å². The van der Waals surface area contributed by atoms with E-state index in [9.17, 15) is 14.4 Å². The summed E-state index contributed by atoms with van der Waals surface area (Å²) >= 11 is 4.02. The molecule has 0 amide bonds. The lowest BCUT2D eigenvalue weighted by atomic mass is 9.84. The van der Waals surface area contributed by atoms with Crippen molar-refractivity contribution in [3.63, 3.8) is 0 Å². The van der Waals surface area contributed by atoms with Crippen molar-refractivity contribution in [3.8, 4) is 17.2 Å². The van der Waals surface area contributed by atoms with E-state index in [0.717, 1.165) is 16.7 Å². The van der Waals surface area contributed by atoms with Gasteiger partial charge in [-0.25, -0.2) is 14.4 Å². The van der Waals surface area contributed by atoms with Crippen LogP contribution in [0.15, 0.2) is 164 Å². The molecule has 230 valence electrons. The summed E-state index contributed by atoms with van der Waals surface area (Å²) < 4.78 is 15.9. The topological polar surface area (TPSA) is 78.9 Å². The van der Waals surface area contributed by atoms with Crippen molar-refractivity contribution in [2.45, 2.75) is 4.32 Å². The Labute approximate surface area is 280 Å². The fourth-order valence-corrected chi connectivity index (χ4v) is 5.77. The van der Waals surface area contributed by atoms with Gasteiger partial charge in [0, 0.05) is 0 Å².